The zero-order valence-corrected chi connectivity index (χ0v) is 19.4. The van der Waals surface area contributed by atoms with Crippen LogP contribution < -0.4 is 5.32 Å². The molecule has 0 radical (unpaired) electrons. The molecule has 0 bridgehead atoms. The fraction of sp³-hybridized carbons (Fsp3) is 0.565. The molecule has 10 nitrogen and oxygen atoms in total. The highest BCUT2D eigenvalue weighted by atomic mass is 16.5. The van der Waals surface area contributed by atoms with E-state index in [2.05, 4.69) is 25.3 Å². The molecule has 1 atom stereocenters. The number of fused-ring (bicyclic) bond motifs is 1. The highest BCUT2D eigenvalue weighted by Crippen LogP contribution is 2.40. The lowest BCUT2D eigenvalue weighted by Crippen LogP contribution is -2.65. The Morgan fingerprint density at radius 2 is 2.00 bits per heavy atom. The van der Waals surface area contributed by atoms with E-state index in [1.165, 1.54) is 6.33 Å². The average Bonchev–Trinajstić information content (AvgIpc) is 3.21. The van der Waals surface area contributed by atoms with Crippen molar-refractivity contribution in [1.82, 2.24) is 34.4 Å². The van der Waals surface area contributed by atoms with Gasteiger partial charge in [0.25, 0.3) is 0 Å². The average molecular weight is 451 g/mol. The zero-order valence-electron chi connectivity index (χ0n) is 19.4. The highest BCUT2D eigenvalue weighted by molar-refractivity contribution is 5.90. The van der Waals surface area contributed by atoms with E-state index in [9.17, 15) is 4.79 Å². The van der Waals surface area contributed by atoms with E-state index >= 15 is 0 Å². The Bertz CT molecular complexity index is 1160. The van der Waals surface area contributed by atoms with Crippen LogP contribution in [0.5, 0.6) is 0 Å². The topological polar surface area (TPSA) is 111 Å². The second-order valence-corrected chi connectivity index (χ2v) is 8.82. The molecular formula is C23H30N8O2. The lowest BCUT2D eigenvalue weighted by atomic mass is 9.75. The zero-order chi connectivity index (χ0) is 23.0. The number of ether oxygens (including phenoxy) is 1. The molecule has 5 rings (SSSR count). The fourth-order valence-corrected chi connectivity index (χ4v) is 4.84. The van der Waals surface area contributed by atoms with Gasteiger partial charge in [-0.05, 0) is 39.5 Å². The monoisotopic (exact) mass is 450 g/mol. The predicted molar refractivity (Wildman–Crippen MR) is 124 cm³/mol. The Kier molecular flexibility index (Phi) is 5.69. The molecule has 1 saturated carbocycles. The molecule has 3 aromatic rings. The number of nitrogens with one attached hydrogen (secondary N) is 1. The third-order valence-corrected chi connectivity index (χ3v) is 6.86. The summed E-state index contributed by atoms with van der Waals surface area (Å²) in [5.41, 5.74) is 2.04. The highest BCUT2D eigenvalue weighted by Gasteiger charge is 2.48. The van der Waals surface area contributed by atoms with Crippen LogP contribution in [0.15, 0.2) is 18.7 Å². The molecular weight excluding hydrogens is 420 g/mol. The minimum Gasteiger partial charge on any atom is -0.377 e. The lowest BCUT2D eigenvalue weighted by Gasteiger charge is -2.53. The van der Waals surface area contributed by atoms with Crippen LogP contribution in [0.4, 0.5) is 5.82 Å². The van der Waals surface area contributed by atoms with Gasteiger partial charge in [0.15, 0.2) is 17.0 Å². The minimum atomic E-state index is -0.392. The van der Waals surface area contributed by atoms with Crippen molar-refractivity contribution < 1.29 is 9.53 Å². The van der Waals surface area contributed by atoms with E-state index in [1.54, 1.807) is 12.4 Å². The minimum absolute atomic E-state index is 0.106. The van der Waals surface area contributed by atoms with Gasteiger partial charge in [-0.1, -0.05) is 6.92 Å². The first kappa shape index (κ1) is 21.7. The number of amides is 1. The molecule has 10 heteroatoms. The Balaban J connectivity index is 1.48. The molecule has 3 aromatic heterocycles. The summed E-state index contributed by atoms with van der Waals surface area (Å²) in [4.78, 5) is 38.0. The largest absolute Gasteiger partial charge is 0.377 e. The Morgan fingerprint density at radius 1 is 1.21 bits per heavy atom. The lowest BCUT2D eigenvalue weighted by molar-refractivity contribution is -0.159. The Morgan fingerprint density at radius 3 is 2.67 bits per heavy atom. The van der Waals surface area contributed by atoms with Crippen LogP contribution in [-0.4, -0.2) is 71.6 Å². The number of carbonyl (C=O) groups is 1. The molecule has 1 N–H and O–H groups in total. The SMILES string of the molecule is CCC(Nc1ncnc2c1nc(-c1cnc(C)nc1)n2CC)C(=O)N1CCOCC12CCC2. The first-order valence-electron chi connectivity index (χ1n) is 11.7. The maximum atomic E-state index is 13.6. The predicted octanol–water partition coefficient (Wildman–Crippen LogP) is 2.58. The molecule has 1 spiro atoms. The van der Waals surface area contributed by atoms with Crippen LogP contribution in [-0.2, 0) is 16.1 Å². The van der Waals surface area contributed by atoms with Crippen LogP contribution >= 0.6 is 0 Å². The molecule has 1 aliphatic heterocycles. The molecule has 0 aromatic carbocycles. The number of aromatic nitrogens is 6. The van der Waals surface area contributed by atoms with Gasteiger partial charge in [-0.15, -0.1) is 0 Å². The van der Waals surface area contributed by atoms with Gasteiger partial charge in [0.2, 0.25) is 5.91 Å². The van der Waals surface area contributed by atoms with Gasteiger partial charge in [-0.2, -0.15) is 0 Å². The first-order chi connectivity index (χ1) is 16.1. The van der Waals surface area contributed by atoms with Gasteiger partial charge in [0.05, 0.1) is 24.3 Å². The van der Waals surface area contributed by atoms with Crippen molar-refractivity contribution in [2.45, 2.75) is 64.6 Å². The van der Waals surface area contributed by atoms with Gasteiger partial charge in [0, 0.05) is 25.5 Å². The third-order valence-electron chi connectivity index (χ3n) is 6.86. The summed E-state index contributed by atoms with van der Waals surface area (Å²) >= 11 is 0. The number of rotatable bonds is 6. The van der Waals surface area contributed by atoms with Crippen molar-refractivity contribution >= 4 is 22.9 Å². The first-order valence-corrected chi connectivity index (χ1v) is 11.7. The summed E-state index contributed by atoms with van der Waals surface area (Å²) in [6.07, 6.45) is 8.86. The van der Waals surface area contributed by atoms with E-state index in [1.807, 2.05) is 30.2 Å². The molecule has 33 heavy (non-hydrogen) atoms. The van der Waals surface area contributed by atoms with Crippen LogP contribution in [0.3, 0.4) is 0 Å². The van der Waals surface area contributed by atoms with Gasteiger partial charge < -0.3 is 19.5 Å². The summed E-state index contributed by atoms with van der Waals surface area (Å²) in [6, 6.07) is -0.392. The molecule has 2 fully saturated rings. The molecule has 1 amide bonds. The summed E-state index contributed by atoms with van der Waals surface area (Å²) in [6.45, 7) is 8.46. The van der Waals surface area contributed by atoms with Gasteiger partial charge >= 0.3 is 0 Å². The molecule has 2 aliphatic rings. The number of aryl methyl sites for hydroxylation is 2. The number of morpholine rings is 1. The third kappa shape index (κ3) is 3.72. The van der Waals surface area contributed by atoms with Crippen molar-refractivity contribution in [3.8, 4) is 11.4 Å². The standard InChI is InChI=1S/C23H30N8O2/c1-4-17(22(32)31-9-10-33-13-23(31)7-6-8-23)28-19-18-21(27-14-26-19)30(5-2)20(29-18)16-11-24-15(3)25-12-16/h11-12,14,17H,4-10,13H2,1-3H3,(H,26,27,28). The maximum absolute atomic E-state index is 13.6. The van der Waals surface area contributed by atoms with Crippen molar-refractivity contribution in [2.24, 2.45) is 0 Å². The van der Waals surface area contributed by atoms with Crippen molar-refractivity contribution in [3.63, 3.8) is 0 Å². The number of hydrogen-bond donors (Lipinski definition) is 1. The molecule has 1 unspecified atom stereocenters. The molecule has 174 valence electrons. The van der Waals surface area contributed by atoms with Crippen molar-refractivity contribution in [1.29, 1.82) is 0 Å². The smallest absolute Gasteiger partial charge is 0.245 e. The fourth-order valence-electron chi connectivity index (χ4n) is 4.84. The number of hydrogen-bond acceptors (Lipinski definition) is 8. The molecule has 4 heterocycles. The number of imidazole rings is 1. The van der Waals surface area contributed by atoms with Gasteiger partial charge in [-0.3, -0.25) is 4.79 Å². The Hall–Kier alpha value is -3.14. The summed E-state index contributed by atoms with van der Waals surface area (Å²) in [7, 11) is 0. The Labute approximate surface area is 192 Å². The van der Waals surface area contributed by atoms with Crippen molar-refractivity contribution in [3.05, 3.63) is 24.5 Å². The second-order valence-electron chi connectivity index (χ2n) is 8.82. The van der Waals surface area contributed by atoms with Crippen molar-refractivity contribution in [2.75, 3.05) is 25.1 Å². The van der Waals surface area contributed by atoms with E-state index in [4.69, 9.17) is 9.72 Å². The van der Waals surface area contributed by atoms with Gasteiger partial charge in [-0.25, -0.2) is 24.9 Å². The van der Waals surface area contributed by atoms with Crippen LogP contribution in [0.2, 0.25) is 0 Å². The quantitative estimate of drug-likeness (QED) is 0.610. The number of anilines is 1. The van der Waals surface area contributed by atoms with E-state index in [-0.39, 0.29) is 11.4 Å². The number of nitrogens with zero attached hydrogens (tertiary/aromatic N) is 7. The van der Waals surface area contributed by atoms with E-state index in [0.29, 0.717) is 49.9 Å². The summed E-state index contributed by atoms with van der Waals surface area (Å²) in [5.74, 6) is 2.11. The van der Waals surface area contributed by atoms with Crippen LogP contribution in [0.1, 0.15) is 45.4 Å². The summed E-state index contributed by atoms with van der Waals surface area (Å²) < 4.78 is 7.73. The van der Waals surface area contributed by atoms with Gasteiger partial charge in [0.1, 0.15) is 24.0 Å². The van der Waals surface area contributed by atoms with E-state index in [0.717, 1.165) is 36.3 Å². The van der Waals surface area contributed by atoms with E-state index < -0.39 is 6.04 Å². The summed E-state index contributed by atoms with van der Waals surface area (Å²) in [5, 5.41) is 3.39. The maximum Gasteiger partial charge on any atom is 0.245 e. The van der Waals surface area contributed by atoms with Crippen LogP contribution in [0.25, 0.3) is 22.6 Å². The van der Waals surface area contributed by atoms with Crippen LogP contribution in [0, 0.1) is 6.92 Å². The second kappa shape index (κ2) is 8.66. The number of carbonyl (C=O) groups excluding carboxylic acids is 1. The molecule has 1 saturated heterocycles. The molecule has 1 aliphatic carbocycles. The normalized spacial score (nSPS) is 18.3.